The number of nitrogens with one attached hydrogen (secondary N) is 1. The maximum Gasteiger partial charge on any atom is 0.338 e. The van der Waals surface area contributed by atoms with Gasteiger partial charge in [-0.3, -0.25) is 4.79 Å². The molecule has 0 spiro atoms. The molecule has 1 N–H and O–H groups in total. The highest BCUT2D eigenvalue weighted by Gasteiger charge is 2.17. The Hall–Kier alpha value is -2.04. The first-order valence-corrected chi connectivity index (χ1v) is 8.28. The van der Waals surface area contributed by atoms with E-state index < -0.39 is 5.97 Å². The van der Waals surface area contributed by atoms with E-state index in [9.17, 15) is 9.59 Å². The predicted octanol–water partition coefficient (Wildman–Crippen LogP) is 3.08. The summed E-state index contributed by atoms with van der Waals surface area (Å²) in [7, 11) is 0. The first-order chi connectivity index (χ1) is 11.0. The first-order valence-electron chi connectivity index (χ1n) is 8.28. The molecule has 1 fully saturated rings. The molecule has 1 aliphatic carbocycles. The van der Waals surface area contributed by atoms with Crippen molar-refractivity contribution in [2.24, 2.45) is 0 Å². The third-order valence-corrected chi connectivity index (χ3v) is 3.77. The first kappa shape index (κ1) is 17.3. The van der Waals surface area contributed by atoms with Crippen LogP contribution in [0.25, 0.3) is 0 Å². The summed E-state index contributed by atoms with van der Waals surface area (Å²) >= 11 is 0. The molecule has 0 bridgehead atoms. The molecule has 1 aromatic carbocycles. The van der Waals surface area contributed by atoms with Gasteiger partial charge in [-0.15, -0.1) is 0 Å². The fourth-order valence-electron chi connectivity index (χ4n) is 2.67. The van der Waals surface area contributed by atoms with Gasteiger partial charge in [0.15, 0.2) is 6.61 Å². The van der Waals surface area contributed by atoms with Crippen LogP contribution in [0.15, 0.2) is 24.3 Å². The summed E-state index contributed by atoms with van der Waals surface area (Å²) in [5.74, 6) is -0.0310. The van der Waals surface area contributed by atoms with Crippen LogP contribution >= 0.6 is 0 Å². The molecule has 126 valence electrons. The fraction of sp³-hybridized carbons (Fsp3) is 0.556. The zero-order chi connectivity index (χ0) is 16.7. The van der Waals surface area contributed by atoms with E-state index >= 15 is 0 Å². The molecule has 1 amide bonds. The zero-order valence-electron chi connectivity index (χ0n) is 13.8. The maximum absolute atomic E-state index is 11.9. The summed E-state index contributed by atoms with van der Waals surface area (Å²) in [6.45, 7) is 3.64. The molecule has 1 aliphatic rings. The van der Waals surface area contributed by atoms with Crippen molar-refractivity contribution >= 4 is 11.9 Å². The number of benzene rings is 1. The van der Waals surface area contributed by atoms with Crippen molar-refractivity contribution in [1.82, 2.24) is 5.32 Å². The van der Waals surface area contributed by atoms with Crippen molar-refractivity contribution in [3.8, 4) is 5.75 Å². The minimum atomic E-state index is -0.500. The van der Waals surface area contributed by atoms with Gasteiger partial charge in [0.25, 0.3) is 5.91 Å². The second kappa shape index (κ2) is 8.56. The zero-order valence-corrected chi connectivity index (χ0v) is 13.8. The van der Waals surface area contributed by atoms with Crippen LogP contribution in [0.4, 0.5) is 0 Å². The van der Waals surface area contributed by atoms with Gasteiger partial charge < -0.3 is 14.8 Å². The van der Waals surface area contributed by atoms with Crippen LogP contribution in [0.1, 0.15) is 56.3 Å². The third-order valence-electron chi connectivity index (χ3n) is 3.77. The Kier molecular flexibility index (Phi) is 6.44. The molecular weight excluding hydrogens is 294 g/mol. The van der Waals surface area contributed by atoms with Gasteiger partial charge in [0.1, 0.15) is 5.75 Å². The van der Waals surface area contributed by atoms with Crippen LogP contribution < -0.4 is 10.1 Å². The molecule has 0 aromatic heterocycles. The lowest BCUT2D eigenvalue weighted by Crippen LogP contribution is -2.38. The highest BCUT2D eigenvalue weighted by molar-refractivity contribution is 5.91. The molecule has 0 radical (unpaired) electrons. The van der Waals surface area contributed by atoms with E-state index in [1.807, 2.05) is 13.8 Å². The smallest absolute Gasteiger partial charge is 0.338 e. The molecule has 0 heterocycles. The van der Waals surface area contributed by atoms with E-state index in [0.717, 1.165) is 25.7 Å². The lowest BCUT2D eigenvalue weighted by atomic mass is 9.95. The molecule has 5 nitrogen and oxygen atoms in total. The monoisotopic (exact) mass is 319 g/mol. The molecule has 2 rings (SSSR count). The summed E-state index contributed by atoms with van der Waals surface area (Å²) in [5, 5.41) is 2.92. The highest BCUT2D eigenvalue weighted by Crippen LogP contribution is 2.17. The van der Waals surface area contributed by atoms with Crippen LogP contribution in [0.2, 0.25) is 0 Å². The van der Waals surface area contributed by atoms with Crippen molar-refractivity contribution in [1.29, 1.82) is 0 Å². The molecule has 1 saturated carbocycles. The van der Waals surface area contributed by atoms with Crippen molar-refractivity contribution in [3.05, 3.63) is 29.8 Å². The second-order valence-corrected chi connectivity index (χ2v) is 6.17. The van der Waals surface area contributed by atoms with Gasteiger partial charge in [-0.05, 0) is 51.0 Å². The van der Waals surface area contributed by atoms with E-state index in [4.69, 9.17) is 9.47 Å². The van der Waals surface area contributed by atoms with E-state index in [2.05, 4.69) is 5.32 Å². The Morgan fingerprint density at radius 1 is 1.13 bits per heavy atom. The molecule has 23 heavy (non-hydrogen) atoms. The summed E-state index contributed by atoms with van der Waals surface area (Å²) < 4.78 is 10.6. The molecule has 0 saturated heterocycles. The van der Waals surface area contributed by atoms with Gasteiger partial charge >= 0.3 is 5.97 Å². The number of carbonyl (C=O) groups excluding carboxylic acids is 2. The summed E-state index contributed by atoms with van der Waals surface area (Å²) in [5.41, 5.74) is 0.409. The van der Waals surface area contributed by atoms with Gasteiger partial charge in [0.05, 0.1) is 11.7 Å². The Morgan fingerprint density at radius 2 is 1.78 bits per heavy atom. The van der Waals surface area contributed by atoms with Gasteiger partial charge in [0, 0.05) is 6.04 Å². The van der Waals surface area contributed by atoms with Gasteiger partial charge in [-0.1, -0.05) is 19.3 Å². The van der Waals surface area contributed by atoms with E-state index in [0.29, 0.717) is 11.3 Å². The molecule has 0 atom stereocenters. The average Bonchev–Trinajstić information content (AvgIpc) is 2.54. The van der Waals surface area contributed by atoms with Crippen molar-refractivity contribution in [3.63, 3.8) is 0 Å². The number of hydrogen-bond donors (Lipinski definition) is 1. The Morgan fingerprint density at radius 3 is 2.39 bits per heavy atom. The molecule has 5 heteroatoms. The summed E-state index contributed by atoms with van der Waals surface area (Å²) in [6.07, 6.45) is 5.63. The molecular formula is C18H25NO4. The van der Waals surface area contributed by atoms with Crippen LogP contribution in [0, 0.1) is 0 Å². The van der Waals surface area contributed by atoms with Gasteiger partial charge in [0.2, 0.25) is 0 Å². The number of hydrogen-bond acceptors (Lipinski definition) is 4. The van der Waals surface area contributed by atoms with Crippen molar-refractivity contribution in [2.75, 3.05) is 6.61 Å². The predicted molar refractivity (Wildman–Crippen MR) is 87.5 cm³/mol. The Labute approximate surface area is 137 Å². The largest absolute Gasteiger partial charge is 0.491 e. The van der Waals surface area contributed by atoms with Gasteiger partial charge in [-0.2, -0.15) is 0 Å². The number of carbonyl (C=O) groups is 2. The minimum Gasteiger partial charge on any atom is -0.491 e. The van der Waals surface area contributed by atoms with E-state index in [1.54, 1.807) is 24.3 Å². The Balaban J connectivity index is 1.76. The standard InChI is InChI=1S/C18H25NO4/c1-13(2)23-16-10-8-14(9-11-16)18(21)22-12-17(20)19-15-6-4-3-5-7-15/h8-11,13,15H,3-7,12H2,1-2H3,(H,19,20). The van der Waals surface area contributed by atoms with Crippen LogP contribution in [-0.2, 0) is 9.53 Å². The van der Waals surface area contributed by atoms with Gasteiger partial charge in [-0.25, -0.2) is 4.79 Å². The number of esters is 1. The maximum atomic E-state index is 11.9. The third kappa shape index (κ3) is 5.93. The quantitative estimate of drug-likeness (QED) is 0.818. The average molecular weight is 319 g/mol. The lowest BCUT2D eigenvalue weighted by molar-refractivity contribution is -0.125. The van der Waals surface area contributed by atoms with Crippen LogP contribution in [0.3, 0.4) is 0 Å². The number of amides is 1. The molecule has 0 unspecified atom stereocenters. The van der Waals surface area contributed by atoms with Crippen molar-refractivity contribution in [2.45, 2.75) is 58.1 Å². The minimum absolute atomic E-state index is 0.0799. The van der Waals surface area contributed by atoms with E-state index in [1.165, 1.54) is 6.42 Å². The van der Waals surface area contributed by atoms with Crippen molar-refractivity contribution < 1.29 is 19.1 Å². The Bertz CT molecular complexity index is 518. The number of rotatable bonds is 6. The lowest BCUT2D eigenvalue weighted by Gasteiger charge is -2.22. The molecule has 0 aliphatic heterocycles. The topological polar surface area (TPSA) is 64.6 Å². The molecule has 1 aromatic rings. The van der Waals surface area contributed by atoms with Crippen LogP contribution in [0.5, 0.6) is 5.75 Å². The second-order valence-electron chi connectivity index (χ2n) is 6.17. The van der Waals surface area contributed by atoms with E-state index in [-0.39, 0.29) is 24.7 Å². The number of ether oxygens (including phenoxy) is 2. The normalized spacial score (nSPS) is 15.3. The highest BCUT2D eigenvalue weighted by atomic mass is 16.5. The SMILES string of the molecule is CC(C)Oc1ccc(C(=O)OCC(=O)NC2CCCCC2)cc1. The fourth-order valence-corrected chi connectivity index (χ4v) is 2.67. The summed E-state index contributed by atoms with van der Waals surface area (Å²) in [6, 6.07) is 6.94. The summed E-state index contributed by atoms with van der Waals surface area (Å²) in [4.78, 5) is 23.7. The van der Waals surface area contributed by atoms with Crippen LogP contribution in [-0.4, -0.2) is 30.6 Å².